The molecule has 1 N–H and O–H groups in total. The van der Waals surface area contributed by atoms with Gasteiger partial charge >= 0.3 is 0 Å². The van der Waals surface area contributed by atoms with Crippen molar-refractivity contribution < 1.29 is 4.74 Å². The molecule has 0 radical (unpaired) electrons. The summed E-state index contributed by atoms with van der Waals surface area (Å²) < 4.78 is 6.31. The van der Waals surface area contributed by atoms with E-state index >= 15 is 0 Å². The molecule has 0 saturated heterocycles. The topological polar surface area (TPSA) is 50.3 Å². The summed E-state index contributed by atoms with van der Waals surface area (Å²) in [6.45, 7) is 14.4. The highest BCUT2D eigenvalue weighted by atomic mass is 32.1. The van der Waals surface area contributed by atoms with E-state index in [1.807, 2.05) is 24.3 Å². The molecular formula is C26H34N4OS. The summed E-state index contributed by atoms with van der Waals surface area (Å²) in [4.78, 5) is 13.3. The van der Waals surface area contributed by atoms with Crippen LogP contribution in [0.3, 0.4) is 0 Å². The predicted octanol–water partition coefficient (Wildman–Crippen LogP) is 6.78. The second-order valence-electron chi connectivity index (χ2n) is 9.72. The number of rotatable bonds is 7. The van der Waals surface area contributed by atoms with Crippen LogP contribution in [0.15, 0.2) is 42.6 Å². The number of ether oxygens (including phenoxy) is 1. The Morgan fingerprint density at radius 3 is 2.78 bits per heavy atom. The lowest BCUT2D eigenvalue weighted by Gasteiger charge is -2.28. The molecular weight excluding hydrogens is 416 g/mol. The van der Waals surface area contributed by atoms with E-state index in [2.05, 4.69) is 62.0 Å². The van der Waals surface area contributed by atoms with E-state index in [1.54, 1.807) is 17.5 Å². The minimum absolute atomic E-state index is 0.0194. The zero-order valence-electron chi connectivity index (χ0n) is 19.8. The van der Waals surface area contributed by atoms with Crippen LogP contribution in [0.25, 0.3) is 0 Å². The molecule has 1 aliphatic rings. The van der Waals surface area contributed by atoms with Crippen molar-refractivity contribution in [3.8, 4) is 11.6 Å². The molecule has 32 heavy (non-hydrogen) atoms. The minimum atomic E-state index is -0.0194. The van der Waals surface area contributed by atoms with E-state index in [-0.39, 0.29) is 5.41 Å². The normalized spacial score (nSPS) is 15.3. The first-order valence-electron chi connectivity index (χ1n) is 11.5. The fourth-order valence-corrected chi connectivity index (χ4v) is 5.05. The molecule has 1 atom stereocenters. The van der Waals surface area contributed by atoms with E-state index in [0.29, 0.717) is 5.88 Å². The number of para-hydroxylation sites is 1. The summed E-state index contributed by atoms with van der Waals surface area (Å²) in [5.74, 6) is 2.13. The molecule has 2 aromatic heterocycles. The Morgan fingerprint density at radius 2 is 2.00 bits per heavy atom. The second kappa shape index (κ2) is 9.59. The molecule has 0 saturated carbocycles. The first kappa shape index (κ1) is 22.7. The van der Waals surface area contributed by atoms with Crippen molar-refractivity contribution in [2.24, 2.45) is 5.92 Å². The molecule has 4 rings (SSSR count). The maximum absolute atomic E-state index is 6.31. The Hall–Kier alpha value is -2.44. The molecule has 1 aromatic carbocycles. The Kier molecular flexibility index (Phi) is 6.82. The molecule has 0 amide bonds. The fourth-order valence-electron chi connectivity index (χ4n) is 3.99. The zero-order valence-corrected chi connectivity index (χ0v) is 20.6. The summed E-state index contributed by atoms with van der Waals surface area (Å²) in [7, 11) is 0. The van der Waals surface area contributed by atoms with Gasteiger partial charge < -0.3 is 10.1 Å². The number of anilines is 2. The average molecular weight is 451 g/mol. The summed E-state index contributed by atoms with van der Waals surface area (Å²) in [6, 6.07) is 12.1. The van der Waals surface area contributed by atoms with Crippen molar-refractivity contribution in [2.45, 2.75) is 59.4 Å². The largest absolute Gasteiger partial charge is 0.437 e. The Labute approximate surface area is 195 Å². The molecule has 6 heteroatoms. The zero-order chi connectivity index (χ0) is 22.7. The van der Waals surface area contributed by atoms with E-state index in [4.69, 9.17) is 9.72 Å². The minimum Gasteiger partial charge on any atom is -0.437 e. The van der Waals surface area contributed by atoms with Crippen LogP contribution in [0, 0.1) is 5.92 Å². The second-order valence-corrected chi connectivity index (χ2v) is 10.8. The van der Waals surface area contributed by atoms with E-state index < -0.39 is 0 Å². The quantitative estimate of drug-likeness (QED) is 0.430. The maximum atomic E-state index is 6.31. The van der Waals surface area contributed by atoms with Gasteiger partial charge in [0.25, 0.3) is 0 Å². The third-order valence-corrected chi connectivity index (χ3v) is 6.99. The van der Waals surface area contributed by atoms with Gasteiger partial charge in [-0.2, -0.15) is 0 Å². The van der Waals surface area contributed by atoms with Crippen LogP contribution in [-0.4, -0.2) is 28.0 Å². The van der Waals surface area contributed by atoms with Crippen molar-refractivity contribution in [3.05, 3.63) is 58.7 Å². The van der Waals surface area contributed by atoms with Gasteiger partial charge in [0.15, 0.2) is 5.13 Å². The van der Waals surface area contributed by atoms with Gasteiger partial charge in [-0.1, -0.05) is 59.2 Å². The summed E-state index contributed by atoms with van der Waals surface area (Å²) in [5.41, 5.74) is 3.19. The lowest BCUT2D eigenvalue weighted by atomic mass is 9.86. The van der Waals surface area contributed by atoms with Crippen LogP contribution in [0.5, 0.6) is 11.6 Å². The van der Waals surface area contributed by atoms with Crippen molar-refractivity contribution in [2.75, 3.05) is 18.4 Å². The fraction of sp³-hybridized carbons (Fsp3) is 0.462. The number of fused-ring (bicyclic) bond motifs is 1. The molecule has 0 aliphatic carbocycles. The first-order valence-corrected chi connectivity index (χ1v) is 12.4. The number of aromatic nitrogens is 2. The molecule has 5 nitrogen and oxygen atoms in total. The van der Waals surface area contributed by atoms with Gasteiger partial charge in [-0.3, -0.25) is 4.90 Å². The van der Waals surface area contributed by atoms with Crippen LogP contribution in [-0.2, 0) is 18.4 Å². The third kappa shape index (κ3) is 5.30. The third-order valence-electron chi connectivity index (χ3n) is 5.99. The number of hydrogen-bond acceptors (Lipinski definition) is 6. The van der Waals surface area contributed by atoms with Crippen molar-refractivity contribution in [1.29, 1.82) is 0 Å². The molecule has 3 aromatic rings. The van der Waals surface area contributed by atoms with E-state index in [0.717, 1.165) is 54.1 Å². The predicted molar refractivity (Wildman–Crippen MR) is 133 cm³/mol. The van der Waals surface area contributed by atoms with E-state index in [1.165, 1.54) is 17.0 Å². The van der Waals surface area contributed by atoms with Gasteiger partial charge in [0.05, 0.1) is 5.69 Å². The number of hydrogen-bond donors (Lipinski definition) is 1. The smallest absolute Gasteiger partial charge is 0.243 e. The van der Waals surface area contributed by atoms with Gasteiger partial charge in [0.1, 0.15) is 11.4 Å². The van der Waals surface area contributed by atoms with Crippen LogP contribution in [0.1, 0.15) is 57.2 Å². The molecule has 3 heterocycles. The monoisotopic (exact) mass is 450 g/mol. The summed E-state index contributed by atoms with van der Waals surface area (Å²) in [5, 5.41) is 4.38. The van der Waals surface area contributed by atoms with Crippen molar-refractivity contribution in [3.63, 3.8) is 0 Å². The van der Waals surface area contributed by atoms with Crippen molar-refractivity contribution >= 4 is 22.2 Å². The summed E-state index contributed by atoms with van der Waals surface area (Å²) >= 11 is 1.74. The van der Waals surface area contributed by atoms with Gasteiger partial charge in [0.2, 0.25) is 5.88 Å². The molecule has 0 bridgehead atoms. The standard InChI is InChI=1S/C26H34N4OS/c1-6-18(2)16-30-15-13-20-23(17-30)32-25(28-20)29-21-11-9-14-27-24(21)31-22-12-8-7-10-19(22)26(3,4)5/h7-12,14,18H,6,13,15-17H2,1-5H3,(H,28,29). The van der Waals surface area contributed by atoms with Crippen molar-refractivity contribution in [1.82, 2.24) is 14.9 Å². The highest BCUT2D eigenvalue weighted by Crippen LogP contribution is 2.37. The Morgan fingerprint density at radius 1 is 1.19 bits per heavy atom. The molecule has 1 unspecified atom stereocenters. The van der Waals surface area contributed by atoms with Crippen LogP contribution < -0.4 is 10.1 Å². The van der Waals surface area contributed by atoms with Gasteiger partial charge in [-0.05, 0) is 29.5 Å². The number of nitrogens with zero attached hydrogens (tertiary/aromatic N) is 3. The van der Waals surface area contributed by atoms with Gasteiger partial charge in [-0.15, -0.1) is 11.3 Å². The maximum Gasteiger partial charge on any atom is 0.243 e. The lowest BCUT2D eigenvalue weighted by Crippen LogP contribution is -2.33. The van der Waals surface area contributed by atoms with Gasteiger partial charge in [0, 0.05) is 42.7 Å². The van der Waals surface area contributed by atoms with Crippen LogP contribution in [0.4, 0.5) is 10.8 Å². The molecule has 0 spiro atoms. The number of thiazole rings is 1. The highest BCUT2D eigenvalue weighted by molar-refractivity contribution is 7.15. The van der Waals surface area contributed by atoms with E-state index in [9.17, 15) is 0 Å². The molecule has 1 aliphatic heterocycles. The first-order chi connectivity index (χ1) is 15.3. The molecule has 170 valence electrons. The number of benzene rings is 1. The number of nitrogens with one attached hydrogen (secondary N) is 1. The lowest BCUT2D eigenvalue weighted by molar-refractivity contribution is 0.219. The van der Waals surface area contributed by atoms with Crippen LogP contribution in [0.2, 0.25) is 0 Å². The molecule has 0 fully saturated rings. The van der Waals surface area contributed by atoms with Gasteiger partial charge in [-0.25, -0.2) is 9.97 Å². The van der Waals surface area contributed by atoms with Crippen LogP contribution >= 0.6 is 11.3 Å². The average Bonchev–Trinajstić information content (AvgIpc) is 3.16. The Bertz CT molecular complexity index is 1060. The summed E-state index contributed by atoms with van der Waals surface area (Å²) in [6.07, 6.45) is 4.00. The SMILES string of the molecule is CCC(C)CN1CCc2nc(Nc3cccnc3Oc3ccccc3C(C)(C)C)sc2C1. The highest BCUT2D eigenvalue weighted by Gasteiger charge is 2.23. The Balaban J connectivity index is 1.52. The number of pyridine rings is 1.